The van der Waals surface area contributed by atoms with Crippen LogP contribution in [0.5, 0.6) is 5.75 Å². The van der Waals surface area contributed by atoms with Crippen LogP contribution in [-0.2, 0) is 6.54 Å². The summed E-state index contributed by atoms with van der Waals surface area (Å²) in [6, 6.07) is 8.00. The van der Waals surface area contributed by atoms with Crippen LogP contribution in [0, 0.1) is 5.41 Å². The second-order valence-corrected chi connectivity index (χ2v) is 6.89. The van der Waals surface area contributed by atoms with E-state index < -0.39 is 0 Å². The largest absolute Gasteiger partial charge is 0.489 e. The molecule has 0 atom stereocenters. The minimum atomic E-state index is 0. The predicted octanol–water partition coefficient (Wildman–Crippen LogP) is 3.12. The summed E-state index contributed by atoms with van der Waals surface area (Å²) in [6.45, 7) is 11.2. The van der Waals surface area contributed by atoms with Crippen molar-refractivity contribution in [2.45, 2.75) is 20.4 Å². The fourth-order valence-electron chi connectivity index (χ4n) is 2.57. The fraction of sp³-hybridized carbons (Fsp3) is 0.526. The predicted molar refractivity (Wildman–Crippen MR) is 118 cm³/mol. The topological polar surface area (TPSA) is 48.9 Å². The smallest absolute Gasteiger partial charge is 0.191 e. The number of guanidine groups is 1. The van der Waals surface area contributed by atoms with Gasteiger partial charge in [-0.3, -0.25) is 4.99 Å². The van der Waals surface area contributed by atoms with Gasteiger partial charge < -0.3 is 20.3 Å². The molecular formula is C19H33IN4O. The molecule has 2 N–H and O–H groups in total. The van der Waals surface area contributed by atoms with E-state index in [-0.39, 0.29) is 29.4 Å². The van der Waals surface area contributed by atoms with Crippen molar-refractivity contribution in [2.75, 3.05) is 40.8 Å². The van der Waals surface area contributed by atoms with E-state index in [1.54, 1.807) is 13.1 Å². The van der Waals surface area contributed by atoms with Gasteiger partial charge >= 0.3 is 0 Å². The number of hydrogen-bond donors (Lipinski definition) is 2. The molecule has 5 nitrogen and oxygen atoms in total. The third kappa shape index (κ3) is 9.69. The molecule has 0 aliphatic rings. The Morgan fingerprint density at radius 3 is 2.56 bits per heavy atom. The Morgan fingerprint density at radius 2 is 1.96 bits per heavy atom. The summed E-state index contributed by atoms with van der Waals surface area (Å²) in [4.78, 5) is 6.50. The summed E-state index contributed by atoms with van der Waals surface area (Å²) < 4.78 is 5.69. The minimum Gasteiger partial charge on any atom is -0.489 e. The zero-order chi connectivity index (χ0) is 18.0. The molecule has 0 unspecified atom stereocenters. The average Bonchev–Trinajstić information content (AvgIpc) is 2.52. The molecule has 1 aromatic rings. The molecule has 0 bridgehead atoms. The molecule has 1 aromatic carbocycles. The number of halogens is 1. The van der Waals surface area contributed by atoms with Gasteiger partial charge in [-0.25, -0.2) is 0 Å². The number of hydrogen-bond acceptors (Lipinski definition) is 3. The van der Waals surface area contributed by atoms with Crippen LogP contribution in [0.2, 0.25) is 0 Å². The molecule has 1 rings (SSSR count). The van der Waals surface area contributed by atoms with Gasteiger partial charge in [0.25, 0.3) is 0 Å². The van der Waals surface area contributed by atoms with Gasteiger partial charge in [0.1, 0.15) is 12.4 Å². The maximum atomic E-state index is 5.69. The molecule has 0 aliphatic carbocycles. The van der Waals surface area contributed by atoms with Crippen molar-refractivity contribution < 1.29 is 4.74 Å². The van der Waals surface area contributed by atoms with Crippen LogP contribution in [0.3, 0.4) is 0 Å². The van der Waals surface area contributed by atoms with Gasteiger partial charge in [0, 0.05) is 32.2 Å². The Labute approximate surface area is 169 Å². The first-order valence-corrected chi connectivity index (χ1v) is 8.29. The molecule has 0 heterocycles. The highest BCUT2D eigenvalue weighted by atomic mass is 127. The maximum absolute atomic E-state index is 5.69. The third-order valence-corrected chi connectivity index (χ3v) is 3.48. The van der Waals surface area contributed by atoms with Crippen molar-refractivity contribution in [1.29, 1.82) is 0 Å². The first-order chi connectivity index (χ1) is 11.4. The summed E-state index contributed by atoms with van der Waals surface area (Å²) in [5.74, 6) is 1.66. The van der Waals surface area contributed by atoms with Gasteiger partial charge in [0.05, 0.1) is 0 Å². The van der Waals surface area contributed by atoms with Crippen LogP contribution < -0.4 is 15.4 Å². The van der Waals surface area contributed by atoms with Gasteiger partial charge in [-0.2, -0.15) is 0 Å². The average molecular weight is 460 g/mol. The summed E-state index contributed by atoms with van der Waals surface area (Å²) in [7, 11) is 5.97. The lowest BCUT2D eigenvalue weighted by molar-refractivity contribution is 0.241. The van der Waals surface area contributed by atoms with E-state index in [1.165, 1.54) is 0 Å². The number of aliphatic imine (C=N–C) groups is 1. The van der Waals surface area contributed by atoms with Crippen LogP contribution >= 0.6 is 24.0 Å². The first kappa shape index (κ1) is 23.7. The molecule has 0 saturated carbocycles. The third-order valence-electron chi connectivity index (χ3n) is 3.48. The molecule has 0 radical (unpaired) electrons. The van der Waals surface area contributed by atoms with E-state index in [1.807, 2.05) is 18.2 Å². The van der Waals surface area contributed by atoms with E-state index in [0.717, 1.165) is 30.4 Å². The van der Waals surface area contributed by atoms with E-state index in [0.29, 0.717) is 13.2 Å². The molecular weight excluding hydrogens is 427 g/mol. The van der Waals surface area contributed by atoms with Crippen LogP contribution in [-0.4, -0.2) is 51.7 Å². The molecule has 0 aromatic heterocycles. The standard InChI is InChI=1S/C19H32N4O.HI/c1-7-12-24-17-11-9-8-10-16(17)13-21-18(20-4)22-14-19(2,3)15-23(5)6;/h7-11H,1,12-15H2,2-6H3,(H2,20,21,22);1H. The van der Waals surface area contributed by atoms with Crippen LogP contribution in [0.4, 0.5) is 0 Å². The highest BCUT2D eigenvalue weighted by molar-refractivity contribution is 14.0. The van der Waals surface area contributed by atoms with Gasteiger partial charge in [0.15, 0.2) is 5.96 Å². The van der Waals surface area contributed by atoms with Crippen LogP contribution in [0.15, 0.2) is 41.9 Å². The molecule has 142 valence electrons. The monoisotopic (exact) mass is 460 g/mol. The van der Waals surface area contributed by atoms with Gasteiger partial charge in [-0.1, -0.05) is 44.7 Å². The molecule has 0 fully saturated rings. The second-order valence-electron chi connectivity index (χ2n) is 6.89. The summed E-state index contributed by atoms with van der Waals surface area (Å²) >= 11 is 0. The highest BCUT2D eigenvalue weighted by Gasteiger charge is 2.19. The summed E-state index contributed by atoms with van der Waals surface area (Å²) in [6.07, 6.45) is 1.75. The van der Waals surface area contributed by atoms with Gasteiger partial charge in [-0.15, -0.1) is 24.0 Å². The SMILES string of the molecule is C=CCOc1ccccc1CNC(=NC)NCC(C)(C)CN(C)C.I. The molecule has 6 heteroatoms. The minimum absolute atomic E-state index is 0. The number of ether oxygens (including phenoxy) is 1. The van der Waals surface area contributed by atoms with E-state index >= 15 is 0 Å². The van der Waals surface area contributed by atoms with Gasteiger partial charge in [-0.05, 0) is 25.6 Å². The lowest BCUT2D eigenvalue weighted by Crippen LogP contribution is -2.44. The van der Waals surface area contributed by atoms with E-state index in [9.17, 15) is 0 Å². The molecule has 25 heavy (non-hydrogen) atoms. The van der Waals surface area contributed by atoms with Crippen molar-refractivity contribution in [3.8, 4) is 5.75 Å². The number of benzene rings is 1. The van der Waals surface area contributed by atoms with Crippen molar-refractivity contribution >= 4 is 29.9 Å². The van der Waals surface area contributed by atoms with E-state index in [2.05, 4.69) is 61.1 Å². The zero-order valence-electron chi connectivity index (χ0n) is 16.1. The second kappa shape index (κ2) is 12.1. The molecule has 0 amide bonds. The maximum Gasteiger partial charge on any atom is 0.191 e. The number of nitrogens with zero attached hydrogens (tertiary/aromatic N) is 2. The Morgan fingerprint density at radius 1 is 1.28 bits per heavy atom. The van der Waals surface area contributed by atoms with Gasteiger partial charge in [0.2, 0.25) is 0 Å². The molecule has 0 aliphatic heterocycles. The Kier molecular flexibility index (Phi) is 11.5. The lowest BCUT2D eigenvalue weighted by Gasteiger charge is -2.29. The Hall–Kier alpha value is -1.28. The van der Waals surface area contributed by atoms with Crippen molar-refractivity contribution in [3.63, 3.8) is 0 Å². The van der Waals surface area contributed by atoms with Crippen molar-refractivity contribution in [1.82, 2.24) is 15.5 Å². The normalized spacial score (nSPS) is 11.7. The van der Waals surface area contributed by atoms with Crippen LogP contribution in [0.1, 0.15) is 19.4 Å². The first-order valence-electron chi connectivity index (χ1n) is 8.29. The highest BCUT2D eigenvalue weighted by Crippen LogP contribution is 2.18. The molecule has 0 spiro atoms. The van der Waals surface area contributed by atoms with Crippen molar-refractivity contribution in [3.05, 3.63) is 42.5 Å². The van der Waals surface area contributed by atoms with E-state index in [4.69, 9.17) is 4.74 Å². The summed E-state index contributed by atoms with van der Waals surface area (Å²) in [5, 5.41) is 6.75. The summed E-state index contributed by atoms with van der Waals surface area (Å²) in [5.41, 5.74) is 1.25. The Bertz CT molecular complexity index is 544. The van der Waals surface area contributed by atoms with Crippen LogP contribution in [0.25, 0.3) is 0 Å². The van der Waals surface area contributed by atoms with Crippen molar-refractivity contribution in [2.24, 2.45) is 10.4 Å². The molecule has 0 saturated heterocycles. The Balaban J connectivity index is 0.00000576. The zero-order valence-corrected chi connectivity index (χ0v) is 18.5. The quantitative estimate of drug-likeness (QED) is 0.257. The number of para-hydroxylation sites is 1. The number of nitrogens with one attached hydrogen (secondary N) is 2. The number of rotatable bonds is 9. The fourth-order valence-corrected chi connectivity index (χ4v) is 2.57. The lowest BCUT2D eigenvalue weighted by atomic mass is 9.93.